The molecule has 2 atom stereocenters. The van der Waals surface area contributed by atoms with Crippen LogP contribution in [0.4, 0.5) is 0 Å². The van der Waals surface area contributed by atoms with Gasteiger partial charge in [-0.1, -0.05) is 23.7 Å². The third-order valence-corrected chi connectivity index (χ3v) is 4.56. The molecule has 7 nitrogen and oxygen atoms in total. The highest BCUT2D eigenvalue weighted by atomic mass is 127. The van der Waals surface area contributed by atoms with Crippen molar-refractivity contribution in [3.8, 4) is 5.75 Å². The van der Waals surface area contributed by atoms with E-state index in [1.165, 1.54) is 0 Å². The van der Waals surface area contributed by atoms with Gasteiger partial charge in [-0.15, -0.1) is 24.0 Å². The van der Waals surface area contributed by atoms with Crippen LogP contribution in [-0.2, 0) is 13.0 Å². The maximum atomic E-state index is 6.14. The van der Waals surface area contributed by atoms with Crippen LogP contribution >= 0.6 is 35.6 Å². The van der Waals surface area contributed by atoms with E-state index in [-0.39, 0.29) is 36.1 Å². The Morgan fingerprint density at radius 3 is 2.96 bits per heavy atom. The number of guanidine groups is 1. The monoisotopic (exact) mass is 504 g/mol. The van der Waals surface area contributed by atoms with Gasteiger partial charge in [0.15, 0.2) is 5.96 Å². The molecule has 0 fully saturated rings. The van der Waals surface area contributed by atoms with Crippen LogP contribution in [0.25, 0.3) is 0 Å². The number of hydrogen-bond donors (Lipinski definition) is 2. The molecule has 0 saturated carbocycles. The normalized spacial score (nSPS) is 17.5. The Morgan fingerprint density at radius 1 is 1.44 bits per heavy atom. The first-order valence-corrected chi connectivity index (χ1v) is 9.21. The van der Waals surface area contributed by atoms with Gasteiger partial charge in [-0.2, -0.15) is 5.10 Å². The van der Waals surface area contributed by atoms with Gasteiger partial charge in [0.1, 0.15) is 23.5 Å². The Labute approximate surface area is 182 Å². The van der Waals surface area contributed by atoms with Crippen molar-refractivity contribution < 1.29 is 4.74 Å². The zero-order valence-electron chi connectivity index (χ0n) is 15.8. The second-order valence-corrected chi connectivity index (χ2v) is 6.86. The zero-order valence-corrected chi connectivity index (χ0v) is 18.9. The Bertz CT molecular complexity index is 781. The van der Waals surface area contributed by atoms with Gasteiger partial charge in [0.05, 0.1) is 18.1 Å². The molecule has 0 amide bonds. The number of para-hydroxylation sites is 1. The molecule has 9 heteroatoms. The molecule has 1 aromatic heterocycles. The minimum absolute atomic E-state index is 0. The summed E-state index contributed by atoms with van der Waals surface area (Å²) in [5, 5.41) is 11.8. The third kappa shape index (κ3) is 5.97. The number of aliphatic imine (C=N–C) groups is 1. The number of aromatic nitrogens is 3. The summed E-state index contributed by atoms with van der Waals surface area (Å²) in [5.41, 5.74) is 0. The van der Waals surface area contributed by atoms with E-state index in [0.717, 1.165) is 37.0 Å². The first kappa shape index (κ1) is 21.7. The van der Waals surface area contributed by atoms with Crippen LogP contribution in [-0.4, -0.2) is 46.5 Å². The van der Waals surface area contributed by atoms with Crippen LogP contribution < -0.4 is 15.4 Å². The molecule has 1 aliphatic heterocycles. The van der Waals surface area contributed by atoms with E-state index in [1.807, 2.05) is 42.8 Å². The molecule has 148 valence electrons. The Balaban J connectivity index is 0.00000261. The summed E-state index contributed by atoms with van der Waals surface area (Å²) in [6.07, 6.45) is 1.87. The molecular weight excluding hydrogens is 479 g/mol. The molecule has 1 aliphatic rings. The highest BCUT2D eigenvalue weighted by molar-refractivity contribution is 14.0. The zero-order chi connectivity index (χ0) is 18.5. The number of aryl methyl sites for hydroxylation is 2. The molecule has 2 unspecified atom stereocenters. The Hall–Kier alpha value is -1.55. The fourth-order valence-electron chi connectivity index (χ4n) is 2.98. The fraction of sp³-hybridized carbons (Fsp3) is 0.500. The van der Waals surface area contributed by atoms with Gasteiger partial charge in [-0.3, -0.25) is 4.99 Å². The molecule has 0 spiro atoms. The Kier molecular flexibility index (Phi) is 8.15. The quantitative estimate of drug-likeness (QED) is 0.372. The standard InChI is InChI=1S/C18H25ClN6O.HI/c1-12(26-16-7-5-4-6-15(16)19)10-21-18(20-3)23-14-8-9-17-22-13(2)24-25(17)11-14;/h4-7,12,14H,8-11H2,1-3H3,(H2,20,21,23);1H. The second-order valence-electron chi connectivity index (χ2n) is 6.45. The summed E-state index contributed by atoms with van der Waals surface area (Å²) < 4.78 is 7.86. The van der Waals surface area contributed by atoms with Gasteiger partial charge < -0.3 is 15.4 Å². The van der Waals surface area contributed by atoms with Gasteiger partial charge in [0.2, 0.25) is 0 Å². The fourth-order valence-corrected chi connectivity index (χ4v) is 3.16. The minimum atomic E-state index is -0.0515. The molecule has 27 heavy (non-hydrogen) atoms. The molecule has 2 heterocycles. The highest BCUT2D eigenvalue weighted by Crippen LogP contribution is 2.24. The summed E-state index contributed by atoms with van der Waals surface area (Å²) in [5.74, 6) is 3.33. The molecule has 0 radical (unpaired) electrons. The van der Waals surface area contributed by atoms with E-state index < -0.39 is 0 Å². The number of rotatable bonds is 5. The van der Waals surface area contributed by atoms with Gasteiger partial charge in [0, 0.05) is 19.5 Å². The average Bonchev–Trinajstić information content (AvgIpc) is 2.99. The lowest BCUT2D eigenvalue weighted by atomic mass is 10.1. The van der Waals surface area contributed by atoms with Crippen molar-refractivity contribution in [1.29, 1.82) is 0 Å². The van der Waals surface area contributed by atoms with E-state index in [0.29, 0.717) is 17.3 Å². The average molecular weight is 505 g/mol. The lowest BCUT2D eigenvalue weighted by molar-refractivity contribution is 0.223. The number of benzene rings is 1. The van der Waals surface area contributed by atoms with Gasteiger partial charge in [-0.05, 0) is 32.4 Å². The topological polar surface area (TPSA) is 76.4 Å². The van der Waals surface area contributed by atoms with Crippen molar-refractivity contribution in [2.75, 3.05) is 13.6 Å². The van der Waals surface area contributed by atoms with Crippen molar-refractivity contribution in [1.82, 2.24) is 25.4 Å². The molecular formula is C18H26ClIN6O. The highest BCUT2D eigenvalue weighted by Gasteiger charge is 2.21. The molecule has 2 aromatic rings. The maximum Gasteiger partial charge on any atom is 0.191 e. The van der Waals surface area contributed by atoms with Gasteiger partial charge >= 0.3 is 0 Å². The van der Waals surface area contributed by atoms with E-state index in [1.54, 1.807) is 7.05 Å². The molecule has 1 aromatic carbocycles. The minimum Gasteiger partial charge on any atom is -0.487 e. The molecule has 0 bridgehead atoms. The van der Waals surface area contributed by atoms with Crippen LogP contribution in [0.2, 0.25) is 5.02 Å². The predicted molar refractivity (Wildman–Crippen MR) is 118 cm³/mol. The van der Waals surface area contributed by atoms with Gasteiger partial charge in [0.25, 0.3) is 0 Å². The van der Waals surface area contributed by atoms with Crippen LogP contribution in [0.3, 0.4) is 0 Å². The number of halogens is 2. The number of fused-ring (bicyclic) bond motifs is 1. The van der Waals surface area contributed by atoms with E-state index in [9.17, 15) is 0 Å². The van der Waals surface area contributed by atoms with Gasteiger partial charge in [-0.25, -0.2) is 9.67 Å². The summed E-state index contributed by atoms with van der Waals surface area (Å²) in [6, 6.07) is 7.75. The first-order chi connectivity index (χ1) is 12.5. The lowest BCUT2D eigenvalue weighted by Gasteiger charge is -2.26. The molecule has 0 saturated heterocycles. The summed E-state index contributed by atoms with van der Waals surface area (Å²) in [6.45, 7) is 5.33. The summed E-state index contributed by atoms with van der Waals surface area (Å²) in [4.78, 5) is 8.75. The largest absolute Gasteiger partial charge is 0.487 e. The van der Waals surface area contributed by atoms with Crippen molar-refractivity contribution >= 4 is 41.5 Å². The SMILES string of the molecule is CN=C(NCC(C)Oc1ccccc1Cl)NC1CCc2nc(C)nn2C1.I. The Morgan fingerprint density at radius 2 is 2.22 bits per heavy atom. The number of hydrogen-bond acceptors (Lipinski definition) is 4. The van der Waals surface area contributed by atoms with Crippen LogP contribution in [0.1, 0.15) is 25.0 Å². The van der Waals surface area contributed by atoms with Crippen LogP contribution in [0, 0.1) is 6.92 Å². The van der Waals surface area contributed by atoms with E-state index in [2.05, 4.69) is 25.7 Å². The summed E-state index contributed by atoms with van der Waals surface area (Å²) >= 11 is 6.14. The van der Waals surface area contributed by atoms with Crippen molar-refractivity contribution in [2.45, 2.75) is 45.4 Å². The van der Waals surface area contributed by atoms with Crippen molar-refractivity contribution in [3.63, 3.8) is 0 Å². The van der Waals surface area contributed by atoms with Crippen molar-refractivity contribution in [2.24, 2.45) is 4.99 Å². The number of nitrogens with zero attached hydrogens (tertiary/aromatic N) is 4. The molecule has 3 rings (SSSR count). The number of nitrogens with one attached hydrogen (secondary N) is 2. The smallest absolute Gasteiger partial charge is 0.191 e. The number of ether oxygens (including phenoxy) is 1. The summed E-state index contributed by atoms with van der Waals surface area (Å²) in [7, 11) is 1.77. The second kappa shape index (κ2) is 10.1. The first-order valence-electron chi connectivity index (χ1n) is 8.84. The lowest BCUT2D eigenvalue weighted by Crippen LogP contribution is -2.48. The molecule has 0 aliphatic carbocycles. The van der Waals surface area contributed by atoms with E-state index >= 15 is 0 Å². The third-order valence-electron chi connectivity index (χ3n) is 4.25. The maximum absolute atomic E-state index is 6.14. The molecule has 2 N–H and O–H groups in total. The van der Waals surface area contributed by atoms with Crippen LogP contribution in [0.5, 0.6) is 5.75 Å². The van der Waals surface area contributed by atoms with Crippen LogP contribution in [0.15, 0.2) is 29.3 Å². The van der Waals surface area contributed by atoms with Crippen molar-refractivity contribution in [3.05, 3.63) is 40.9 Å². The van der Waals surface area contributed by atoms with E-state index in [4.69, 9.17) is 16.3 Å². The predicted octanol–water partition coefficient (Wildman–Crippen LogP) is 2.81.